The van der Waals surface area contributed by atoms with Gasteiger partial charge in [0, 0.05) is 13.0 Å². The first-order chi connectivity index (χ1) is 6.36. The molecule has 0 aromatic carbocycles. The van der Waals surface area contributed by atoms with Crippen LogP contribution < -0.4 is 5.32 Å². The highest BCUT2D eigenvalue weighted by molar-refractivity contribution is 4.81. The van der Waals surface area contributed by atoms with Crippen molar-refractivity contribution in [3.63, 3.8) is 0 Å². The van der Waals surface area contributed by atoms with Crippen molar-refractivity contribution in [2.45, 2.75) is 19.9 Å². The summed E-state index contributed by atoms with van der Waals surface area (Å²) < 4.78 is 10.5. The first-order valence-electron chi connectivity index (χ1n) is 4.40. The molecular formula is C8H15N3O2. The molecule has 1 heterocycles. The molecule has 0 aliphatic carbocycles. The van der Waals surface area contributed by atoms with Crippen molar-refractivity contribution in [3.05, 3.63) is 11.8 Å². The minimum atomic E-state index is 0.613. The van der Waals surface area contributed by atoms with E-state index in [0.717, 1.165) is 6.61 Å². The maximum absolute atomic E-state index is 5.31. The van der Waals surface area contributed by atoms with Gasteiger partial charge in [-0.25, -0.2) is 0 Å². The molecule has 74 valence electrons. The molecule has 0 radical (unpaired) electrons. The molecule has 13 heavy (non-hydrogen) atoms. The van der Waals surface area contributed by atoms with Crippen molar-refractivity contribution in [2.75, 3.05) is 20.3 Å². The first kappa shape index (κ1) is 10.1. The van der Waals surface area contributed by atoms with Crippen molar-refractivity contribution in [1.82, 2.24) is 15.5 Å². The van der Waals surface area contributed by atoms with E-state index in [1.807, 2.05) is 14.0 Å². The Bertz CT molecular complexity index is 237. The SMILES string of the molecule is CCOCCc1nnc(CNC)o1. The molecule has 0 saturated heterocycles. The Labute approximate surface area is 77.5 Å². The molecule has 0 atom stereocenters. The van der Waals surface area contributed by atoms with Gasteiger partial charge in [-0.3, -0.25) is 0 Å². The molecule has 0 unspecified atom stereocenters. The molecule has 5 nitrogen and oxygen atoms in total. The van der Waals surface area contributed by atoms with Gasteiger partial charge in [0.05, 0.1) is 13.2 Å². The van der Waals surface area contributed by atoms with Crippen molar-refractivity contribution in [2.24, 2.45) is 0 Å². The minimum Gasteiger partial charge on any atom is -0.424 e. The first-order valence-corrected chi connectivity index (χ1v) is 4.40. The van der Waals surface area contributed by atoms with Crippen LogP contribution in [0.4, 0.5) is 0 Å². The van der Waals surface area contributed by atoms with E-state index >= 15 is 0 Å². The molecule has 1 aromatic heterocycles. The summed E-state index contributed by atoms with van der Waals surface area (Å²) in [5.74, 6) is 1.26. The van der Waals surface area contributed by atoms with Gasteiger partial charge >= 0.3 is 0 Å². The van der Waals surface area contributed by atoms with Gasteiger partial charge in [0.25, 0.3) is 0 Å². The molecule has 1 rings (SSSR count). The van der Waals surface area contributed by atoms with Gasteiger partial charge in [-0.15, -0.1) is 10.2 Å². The fourth-order valence-electron chi connectivity index (χ4n) is 0.916. The average molecular weight is 185 g/mol. The van der Waals surface area contributed by atoms with Crippen molar-refractivity contribution in [1.29, 1.82) is 0 Å². The second-order valence-electron chi connectivity index (χ2n) is 2.57. The fourth-order valence-corrected chi connectivity index (χ4v) is 0.916. The lowest BCUT2D eigenvalue weighted by Crippen LogP contribution is -2.04. The number of aromatic nitrogens is 2. The monoisotopic (exact) mass is 185 g/mol. The molecular weight excluding hydrogens is 170 g/mol. The number of rotatable bonds is 6. The van der Waals surface area contributed by atoms with E-state index in [9.17, 15) is 0 Å². The number of nitrogens with one attached hydrogen (secondary N) is 1. The smallest absolute Gasteiger partial charge is 0.230 e. The summed E-state index contributed by atoms with van der Waals surface area (Å²) in [6, 6.07) is 0. The predicted octanol–water partition coefficient (Wildman–Crippen LogP) is 0.368. The zero-order chi connectivity index (χ0) is 9.52. The van der Waals surface area contributed by atoms with Crippen molar-refractivity contribution >= 4 is 0 Å². The molecule has 0 bridgehead atoms. The summed E-state index contributed by atoms with van der Waals surface area (Å²) in [5.41, 5.74) is 0. The molecule has 5 heteroatoms. The topological polar surface area (TPSA) is 60.2 Å². The maximum Gasteiger partial charge on any atom is 0.230 e. The van der Waals surface area contributed by atoms with E-state index in [1.54, 1.807) is 0 Å². The molecule has 0 aliphatic rings. The number of nitrogens with zero attached hydrogens (tertiary/aromatic N) is 2. The molecule has 1 N–H and O–H groups in total. The van der Waals surface area contributed by atoms with Gasteiger partial charge in [0.15, 0.2) is 0 Å². The Morgan fingerprint density at radius 2 is 2.15 bits per heavy atom. The van der Waals surface area contributed by atoms with E-state index in [4.69, 9.17) is 9.15 Å². The summed E-state index contributed by atoms with van der Waals surface area (Å²) in [6.07, 6.45) is 0.685. The van der Waals surface area contributed by atoms with Crippen LogP contribution in [-0.2, 0) is 17.7 Å². The van der Waals surface area contributed by atoms with Gasteiger partial charge in [0.2, 0.25) is 11.8 Å². The van der Waals surface area contributed by atoms with Crippen LogP contribution >= 0.6 is 0 Å². The summed E-state index contributed by atoms with van der Waals surface area (Å²) in [7, 11) is 1.84. The normalized spacial score (nSPS) is 10.6. The largest absolute Gasteiger partial charge is 0.424 e. The Morgan fingerprint density at radius 1 is 1.38 bits per heavy atom. The second kappa shape index (κ2) is 5.66. The summed E-state index contributed by atoms with van der Waals surface area (Å²) in [6.45, 7) is 3.93. The quantitative estimate of drug-likeness (QED) is 0.649. The zero-order valence-electron chi connectivity index (χ0n) is 8.04. The number of hydrogen-bond donors (Lipinski definition) is 1. The van der Waals surface area contributed by atoms with E-state index in [1.165, 1.54) is 0 Å². The Hall–Kier alpha value is -0.940. The molecule has 0 saturated carbocycles. The highest BCUT2D eigenvalue weighted by Crippen LogP contribution is 2.00. The minimum absolute atomic E-state index is 0.613. The third kappa shape index (κ3) is 3.52. The van der Waals surface area contributed by atoms with Gasteiger partial charge in [-0.2, -0.15) is 0 Å². The van der Waals surface area contributed by atoms with Crippen LogP contribution in [-0.4, -0.2) is 30.5 Å². The van der Waals surface area contributed by atoms with E-state index < -0.39 is 0 Å². The van der Waals surface area contributed by atoms with Crippen LogP contribution in [0.2, 0.25) is 0 Å². The highest BCUT2D eigenvalue weighted by Gasteiger charge is 2.03. The number of hydrogen-bond acceptors (Lipinski definition) is 5. The lowest BCUT2D eigenvalue weighted by atomic mass is 10.5. The lowest BCUT2D eigenvalue weighted by Gasteiger charge is -1.95. The van der Waals surface area contributed by atoms with E-state index in [0.29, 0.717) is 31.4 Å². The maximum atomic E-state index is 5.31. The summed E-state index contributed by atoms with van der Waals surface area (Å²) in [5, 5.41) is 10.7. The predicted molar refractivity (Wildman–Crippen MR) is 47.3 cm³/mol. The second-order valence-corrected chi connectivity index (χ2v) is 2.57. The molecule has 1 aromatic rings. The van der Waals surface area contributed by atoms with E-state index in [2.05, 4.69) is 15.5 Å². The van der Waals surface area contributed by atoms with Gasteiger partial charge < -0.3 is 14.5 Å². The lowest BCUT2D eigenvalue weighted by molar-refractivity contribution is 0.145. The Morgan fingerprint density at radius 3 is 2.85 bits per heavy atom. The van der Waals surface area contributed by atoms with Crippen LogP contribution in [0.3, 0.4) is 0 Å². The summed E-state index contributed by atoms with van der Waals surface area (Å²) >= 11 is 0. The third-order valence-electron chi connectivity index (χ3n) is 1.50. The highest BCUT2D eigenvalue weighted by atomic mass is 16.5. The Kier molecular flexibility index (Phi) is 4.42. The third-order valence-corrected chi connectivity index (χ3v) is 1.50. The Balaban J connectivity index is 2.31. The van der Waals surface area contributed by atoms with Gasteiger partial charge in [0.1, 0.15) is 0 Å². The average Bonchev–Trinajstić information content (AvgIpc) is 2.54. The molecule has 0 amide bonds. The van der Waals surface area contributed by atoms with Crippen LogP contribution in [0.25, 0.3) is 0 Å². The molecule has 0 spiro atoms. The summed E-state index contributed by atoms with van der Waals surface area (Å²) in [4.78, 5) is 0. The molecule has 0 fully saturated rings. The van der Waals surface area contributed by atoms with Crippen LogP contribution in [0.1, 0.15) is 18.7 Å². The fraction of sp³-hybridized carbons (Fsp3) is 0.750. The van der Waals surface area contributed by atoms with Crippen LogP contribution in [0.15, 0.2) is 4.42 Å². The van der Waals surface area contributed by atoms with E-state index in [-0.39, 0.29) is 0 Å². The zero-order valence-corrected chi connectivity index (χ0v) is 8.04. The van der Waals surface area contributed by atoms with Crippen LogP contribution in [0, 0.1) is 0 Å². The van der Waals surface area contributed by atoms with Crippen molar-refractivity contribution < 1.29 is 9.15 Å². The standard InChI is InChI=1S/C8H15N3O2/c1-3-12-5-4-7-10-11-8(13-7)6-9-2/h9H,3-6H2,1-2H3. The van der Waals surface area contributed by atoms with Crippen molar-refractivity contribution in [3.8, 4) is 0 Å². The molecule has 0 aliphatic heterocycles. The van der Waals surface area contributed by atoms with Gasteiger partial charge in [-0.1, -0.05) is 0 Å². The van der Waals surface area contributed by atoms with Crippen LogP contribution in [0.5, 0.6) is 0 Å². The number of ether oxygens (including phenoxy) is 1. The van der Waals surface area contributed by atoms with Gasteiger partial charge in [-0.05, 0) is 14.0 Å².